The minimum atomic E-state index is -0.143. The van der Waals surface area contributed by atoms with Crippen molar-refractivity contribution in [3.63, 3.8) is 0 Å². The van der Waals surface area contributed by atoms with Gasteiger partial charge in [-0.2, -0.15) is 5.10 Å². The van der Waals surface area contributed by atoms with Crippen LogP contribution in [0.2, 0.25) is 0 Å². The number of aryl methyl sites for hydroxylation is 1. The lowest BCUT2D eigenvalue weighted by molar-refractivity contribution is 0.0954. The Balaban J connectivity index is 1.41. The van der Waals surface area contributed by atoms with Gasteiger partial charge in [0, 0.05) is 52.1 Å². The monoisotopic (exact) mass is 386 g/mol. The van der Waals surface area contributed by atoms with E-state index in [1.807, 2.05) is 4.68 Å². The second-order valence-electron chi connectivity index (χ2n) is 6.44. The molecule has 0 aromatic carbocycles. The maximum absolute atomic E-state index is 12.0. The number of nitrogens with one attached hydrogen (secondary N) is 3. The minimum Gasteiger partial charge on any atom is -0.377 e. The average molecular weight is 386 g/mol. The predicted octanol–water partition coefficient (Wildman–Crippen LogP) is -0.271. The molecule has 150 valence electrons. The predicted molar refractivity (Wildman–Crippen MR) is 104 cm³/mol. The molecule has 3 rings (SSSR count). The summed E-state index contributed by atoms with van der Waals surface area (Å²) in [6.07, 6.45) is 4.98. The molecule has 10 nitrogen and oxygen atoms in total. The van der Waals surface area contributed by atoms with Gasteiger partial charge in [-0.05, 0) is 18.6 Å². The summed E-state index contributed by atoms with van der Waals surface area (Å²) >= 11 is 0. The first-order chi connectivity index (χ1) is 13.7. The quantitative estimate of drug-likeness (QED) is 0.340. The van der Waals surface area contributed by atoms with Gasteiger partial charge in [0.1, 0.15) is 12.4 Å². The lowest BCUT2D eigenvalue weighted by Crippen LogP contribution is -2.48. The Morgan fingerprint density at radius 3 is 3.00 bits per heavy atom. The third kappa shape index (κ3) is 5.26. The number of methoxy groups -OCH3 is 1. The van der Waals surface area contributed by atoms with Crippen molar-refractivity contribution in [2.24, 2.45) is 4.99 Å². The number of guanidine groups is 1. The summed E-state index contributed by atoms with van der Waals surface area (Å²) in [4.78, 5) is 24.7. The number of carbonyl (C=O) groups excluding carboxylic acids is 1. The zero-order valence-corrected chi connectivity index (χ0v) is 16.2. The summed E-state index contributed by atoms with van der Waals surface area (Å²) < 4.78 is 7.03. The molecule has 0 fully saturated rings. The zero-order chi connectivity index (χ0) is 19.8. The molecule has 28 heavy (non-hydrogen) atoms. The molecular weight excluding hydrogens is 360 g/mol. The molecule has 1 amide bonds. The topological polar surface area (TPSA) is 118 Å². The van der Waals surface area contributed by atoms with Gasteiger partial charge in [-0.15, -0.1) is 0 Å². The molecular formula is C18H26N8O2. The zero-order valence-electron chi connectivity index (χ0n) is 16.2. The van der Waals surface area contributed by atoms with Crippen LogP contribution in [0.4, 0.5) is 0 Å². The van der Waals surface area contributed by atoms with Crippen LogP contribution in [-0.2, 0) is 24.3 Å². The van der Waals surface area contributed by atoms with Crippen molar-refractivity contribution in [1.82, 2.24) is 35.7 Å². The number of pyridine rings is 1. The summed E-state index contributed by atoms with van der Waals surface area (Å²) in [6, 6.07) is 3.68. The Labute approximate surface area is 163 Å². The van der Waals surface area contributed by atoms with E-state index in [0.29, 0.717) is 37.0 Å². The number of aliphatic imine (C=N–C) groups is 1. The molecule has 0 bridgehead atoms. The van der Waals surface area contributed by atoms with Gasteiger partial charge in [0.15, 0.2) is 11.8 Å². The van der Waals surface area contributed by atoms with E-state index in [1.54, 1.807) is 38.7 Å². The second-order valence-corrected chi connectivity index (χ2v) is 6.44. The second kappa shape index (κ2) is 9.79. The van der Waals surface area contributed by atoms with Gasteiger partial charge in [-0.3, -0.25) is 14.8 Å². The normalized spacial score (nSPS) is 16.4. The molecule has 0 spiro atoms. The largest absolute Gasteiger partial charge is 0.377 e. The molecule has 1 unspecified atom stereocenters. The van der Waals surface area contributed by atoms with E-state index in [1.165, 1.54) is 0 Å². The lowest BCUT2D eigenvalue weighted by Gasteiger charge is -2.25. The van der Waals surface area contributed by atoms with Gasteiger partial charge in [0.05, 0.1) is 12.1 Å². The molecule has 1 aliphatic heterocycles. The molecule has 0 radical (unpaired) electrons. The van der Waals surface area contributed by atoms with E-state index in [-0.39, 0.29) is 11.9 Å². The SMILES string of the molecule is CN=C(NCCNC(=O)c1cccnc1)NC1CCc2nc(COC)nn2C1. The van der Waals surface area contributed by atoms with Crippen molar-refractivity contribution in [2.75, 3.05) is 27.2 Å². The molecule has 0 saturated heterocycles. The summed E-state index contributed by atoms with van der Waals surface area (Å²) in [7, 11) is 3.36. The van der Waals surface area contributed by atoms with E-state index in [9.17, 15) is 4.79 Å². The average Bonchev–Trinajstić information content (AvgIpc) is 3.12. The van der Waals surface area contributed by atoms with Crippen molar-refractivity contribution in [1.29, 1.82) is 0 Å². The molecule has 10 heteroatoms. The number of hydrogen-bond donors (Lipinski definition) is 3. The molecule has 2 aromatic rings. The number of aromatic nitrogens is 4. The molecule has 2 aromatic heterocycles. The highest BCUT2D eigenvalue weighted by Crippen LogP contribution is 2.13. The van der Waals surface area contributed by atoms with E-state index >= 15 is 0 Å². The Kier molecular flexibility index (Phi) is 6.90. The maximum Gasteiger partial charge on any atom is 0.252 e. The van der Waals surface area contributed by atoms with Crippen LogP contribution in [0.25, 0.3) is 0 Å². The first-order valence-electron chi connectivity index (χ1n) is 9.26. The van der Waals surface area contributed by atoms with Gasteiger partial charge >= 0.3 is 0 Å². The smallest absolute Gasteiger partial charge is 0.252 e. The summed E-state index contributed by atoms with van der Waals surface area (Å²) in [6.45, 7) is 2.19. The van der Waals surface area contributed by atoms with Crippen LogP contribution in [0.15, 0.2) is 29.5 Å². The molecule has 3 N–H and O–H groups in total. The molecule has 0 aliphatic carbocycles. The molecule has 0 saturated carbocycles. The van der Waals surface area contributed by atoms with E-state index in [4.69, 9.17) is 4.74 Å². The number of ether oxygens (including phenoxy) is 1. The third-order valence-corrected chi connectivity index (χ3v) is 4.37. The van der Waals surface area contributed by atoms with Gasteiger partial charge in [-0.25, -0.2) is 9.67 Å². The summed E-state index contributed by atoms with van der Waals surface area (Å²) in [5.74, 6) is 2.26. The highest BCUT2D eigenvalue weighted by atomic mass is 16.5. The van der Waals surface area contributed by atoms with E-state index < -0.39 is 0 Å². The van der Waals surface area contributed by atoms with Crippen LogP contribution in [0.1, 0.15) is 28.4 Å². The third-order valence-electron chi connectivity index (χ3n) is 4.37. The fraction of sp³-hybridized carbons (Fsp3) is 0.500. The first kappa shape index (κ1) is 19.7. The van der Waals surface area contributed by atoms with Crippen molar-refractivity contribution in [3.05, 3.63) is 41.7 Å². The maximum atomic E-state index is 12.0. The van der Waals surface area contributed by atoms with Crippen molar-refractivity contribution < 1.29 is 9.53 Å². The van der Waals surface area contributed by atoms with Gasteiger partial charge in [0.2, 0.25) is 0 Å². The lowest BCUT2D eigenvalue weighted by atomic mass is 10.1. The number of carbonyl (C=O) groups is 1. The van der Waals surface area contributed by atoms with Crippen LogP contribution in [0, 0.1) is 0 Å². The van der Waals surface area contributed by atoms with Crippen LogP contribution in [0.5, 0.6) is 0 Å². The van der Waals surface area contributed by atoms with Crippen LogP contribution < -0.4 is 16.0 Å². The molecule has 3 heterocycles. The Morgan fingerprint density at radius 2 is 2.25 bits per heavy atom. The van der Waals surface area contributed by atoms with Gasteiger partial charge < -0.3 is 20.7 Å². The fourth-order valence-corrected chi connectivity index (χ4v) is 3.01. The van der Waals surface area contributed by atoms with Gasteiger partial charge in [-0.1, -0.05) is 0 Å². The number of amides is 1. The summed E-state index contributed by atoms with van der Waals surface area (Å²) in [5.41, 5.74) is 0.545. The van der Waals surface area contributed by atoms with E-state index in [0.717, 1.165) is 25.2 Å². The molecule has 1 aliphatic rings. The van der Waals surface area contributed by atoms with E-state index in [2.05, 4.69) is 36.0 Å². The number of nitrogens with zero attached hydrogens (tertiary/aromatic N) is 5. The van der Waals surface area contributed by atoms with Crippen LogP contribution >= 0.6 is 0 Å². The Morgan fingerprint density at radius 1 is 1.39 bits per heavy atom. The fourth-order valence-electron chi connectivity index (χ4n) is 3.01. The number of hydrogen-bond acceptors (Lipinski definition) is 6. The highest BCUT2D eigenvalue weighted by molar-refractivity contribution is 5.93. The number of fused-ring (bicyclic) bond motifs is 1. The van der Waals surface area contributed by atoms with Crippen molar-refractivity contribution >= 4 is 11.9 Å². The highest BCUT2D eigenvalue weighted by Gasteiger charge is 2.22. The van der Waals surface area contributed by atoms with Crippen molar-refractivity contribution in [3.8, 4) is 0 Å². The molecule has 1 atom stereocenters. The first-order valence-corrected chi connectivity index (χ1v) is 9.26. The van der Waals surface area contributed by atoms with Crippen molar-refractivity contribution in [2.45, 2.75) is 32.0 Å². The van der Waals surface area contributed by atoms with Gasteiger partial charge in [0.25, 0.3) is 5.91 Å². The van der Waals surface area contributed by atoms with Crippen LogP contribution in [0.3, 0.4) is 0 Å². The standard InChI is InChI=1S/C18H26N8O2/c1-19-18(22-9-8-21-17(27)13-4-3-7-20-10-13)23-14-5-6-16-24-15(12-28-2)25-26(16)11-14/h3-4,7,10,14H,5-6,8-9,11-12H2,1-2H3,(H,21,27)(H2,19,22,23). The summed E-state index contributed by atoms with van der Waals surface area (Å²) in [5, 5.41) is 13.9. The minimum absolute atomic E-state index is 0.143. The Bertz CT molecular complexity index is 805. The number of rotatable bonds is 7. The van der Waals surface area contributed by atoms with Crippen LogP contribution in [-0.4, -0.2) is 64.9 Å². The Hall–Kier alpha value is -3.01.